The van der Waals surface area contributed by atoms with Crippen molar-refractivity contribution >= 4 is 35.9 Å². The third-order valence-corrected chi connectivity index (χ3v) is 4.33. The molecule has 2 aromatic heterocycles. The Morgan fingerprint density at radius 3 is 2.57 bits per heavy atom. The smallest absolute Gasteiger partial charge is 0.298 e. The van der Waals surface area contributed by atoms with Crippen LogP contribution in [0.1, 0.15) is 24.5 Å². The van der Waals surface area contributed by atoms with Crippen LogP contribution in [0.4, 0.5) is 0 Å². The third-order valence-electron chi connectivity index (χ3n) is 3.31. The van der Waals surface area contributed by atoms with Crippen LogP contribution in [0.5, 0.6) is 17.6 Å². The molecule has 1 saturated heterocycles. The van der Waals surface area contributed by atoms with Gasteiger partial charge in [0.05, 0.1) is 30.6 Å². The van der Waals surface area contributed by atoms with Gasteiger partial charge in [-0.2, -0.15) is 4.37 Å². The minimum Gasteiger partial charge on any atom is -0.477 e. The van der Waals surface area contributed by atoms with Crippen molar-refractivity contribution in [1.82, 2.24) is 22.4 Å². The fraction of sp³-hybridized carbons (Fsp3) is 0.636. The lowest BCUT2D eigenvalue weighted by Crippen LogP contribution is -2.31. The molecule has 0 spiro atoms. The predicted octanol–water partition coefficient (Wildman–Crippen LogP) is 2.42. The highest BCUT2D eigenvalue weighted by atomic mass is 35.5. The maximum atomic E-state index is 5.73. The first-order valence-corrected chi connectivity index (χ1v) is 7.79. The standard InChI is InChI=1S/C11H15N5O2S2.ClH/c1-16-5-3-4-7(6-16)8-9(13-19-12-8)18-11-10(17-2)14-20-15-11;/h7H,3-6H2,1-2H3;1H. The molecule has 0 aliphatic carbocycles. The summed E-state index contributed by atoms with van der Waals surface area (Å²) in [6, 6.07) is 0. The van der Waals surface area contributed by atoms with Crippen LogP contribution >= 0.6 is 35.9 Å². The predicted molar refractivity (Wildman–Crippen MR) is 83.2 cm³/mol. The summed E-state index contributed by atoms with van der Waals surface area (Å²) < 4.78 is 27.5. The van der Waals surface area contributed by atoms with Gasteiger partial charge in [0.25, 0.3) is 17.6 Å². The number of aromatic nitrogens is 4. The van der Waals surface area contributed by atoms with Crippen molar-refractivity contribution in [1.29, 1.82) is 0 Å². The second-order valence-corrected chi connectivity index (χ2v) is 5.79. The minimum absolute atomic E-state index is 0. The summed E-state index contributed by atoms with van der Waals surface area (Å²) >= 11 is 2.22. The van der Waals surface area contributed by atoms with Gasteiger partial charge in [-0.3, -0.25) is 0 Å². The van der Waals surface area contributed by atoms with Crippen LogP contribution in [0.3, 0.4) is 0 Å². The van der Waals surface area contributed by atoms with Gasteiger partial charge >= 0.3 is 0 Å². The van der Waals surface area contributed by atoms with E-state index in [0.29, 0.717) is 23.6 Å². The number of ether oxygens (including phenoxy) is 2. The molecule has 0 N–H and O–H groups in total. The molecule has 0 amide bonds. The summed E-state index contributed by atoms with van der Waals surface area (Å²) in [4.78, 5) is 2.31. The van der Waals surface area contributed by atoms with E-state index >= 15 is 0 Å². The molecule has 1 aliphatic heterocycles. The van der Waals surface area contributed by atoms with E-state index in [2.05, 4.69) is 29.4 Å². The van der Waals surface area contributed by atoms with Gasteiger partial charge in [-0.05, 0) is 26.4 Å². The van der Waals surface area contributed by atoms with Gasteiger partial charge in [0, 0.05) is 12.5 Å². The van der Waals surface area contributed by atoms with E-state index in [9.17, 15) is 0 Å². The maximum Gasteiger partial charge on any atom is 0.298 e. The summed E-state index contributed by atoms with van der Waals surface area (Å²) in [6.45, 7) is 2.11. The Hall–Kier alpha value is -1.03. The quantitative estimate of drug-likeness (QED) is 0.839. The Bertz CT molecular complexity index is 578. The SMILES string of the molecule is COc1nsnc1Oc1nsnc1C1CCCN(C)C1.Cl. The van der Waals surface area contributed by atoms with Gasteiger partial charge in [0.2, 0.25) is 0 Å². The second kappa shape index (κ2) is 7.30. The van der Waals surface area contributed by atoms with E-state index in [0.717, 1.165) is 36.9 Å². The van der Waals surface area contributed by atoms with Crippen LogP contribution < -0.4 is 9.47 Å². The lowest BCUT2D eigenvalue weighted by Gasteiger charge is -2.28. The monoisotopic (exact) mass is 349 g/mol. The number of halogens is 1. The lowest BCUT2D eigenvalue weighted by atomic mass is 9.95. The molecule has 1 atom stereocenters. The van der Waals surface area contributed by atoms with Crippen molar-refractivity contribution in [3.63, 3.8) is 0 Å². The first kappa shape index (κ1) is 16.3. The Balaban J connectivity index is 0.00000161. The Morgan fingerprint density at radius 2 is 1.81 bits per heavy atom. The molecule has 3 rings (SSSR count). The number of likely N-dealkylation sites (N-methyl/N-ethyl adjacent to an activating group) is 1. The summed E-state index contributed by atoms with van der Waals surface area (Å²) in [7, 11) is 3.67. The molecule has 0 radical (unpaired) electrons. The Kier molecular flexibility index (Phi) is 5.68. The van der Waals surface area contributed by atoms with Gasteiger partial charge < -0.3 is 14.4 Å². The van der Waals surface area contributed by atoms with E-state index in [-0.39, 0.29) is 12.4 Å². The van der Waals surface area contributed by atoms with Crippen molar-refractivity contribution in [2.45, 2.75) is 18.8 Å². The number of rotatable bonds is 4. The van der Waals surface area contributed by atoms with Crippen molar-refractivity contribution in [3.8, 4) is 17.6 Å². The van der Waals surface area contributed by atoms with Gasteiger partial charge in [-0.15, -0.1) is 25.5 Å². The number of nitrogens with zero attached hydrogens (tertiary/aromatic N) is 5. The topological polar surface area (TPSA) is 73.3 Å². The van der Waals surface area contributed by atoms with Crippen molar-refractivity contribution in [2.24, 2.45) is 0 Å². The van der Waals surface area contributed by atoms with Crippen LogP contribution in [0.25, 0.3) is 0 Å². The molecule has 0 saturated carbocycles. The third kappa shape index (κ3) is 3.60. The minimum atomic E-state index is 0. The van der Waals surface area contributed by atoms with E-state index in [1.807, 2.05) is 0 Å². The molecule has 2 aromatic rings. The summed E-state index contributed by atoms with van der Waals surface area (Å²) in [5.41, 5.74) is 0.914. The molecular formula is C11H16ClN5O2S2. The molecule has 3 heterocycles. The van der Waals surface area contributed by atoms with Crippen LogP contribution in [0.2, 0.25) is 0 Å². The molecule has 0 aromatic carbocycles. The van der Waals surface area contributed by atoms with E-state index in [1.165, 1.54) is 18.1 Å². The maximum absolute atomic E-state index is 5.73. The zero-order valence-corrected chi connectivity index (χ0v) is 14.1. The molecule has 10 heteroatoms. The number of hydrogen-bond donors (Lipinski definition) is 0. The van der Waals surface area contributed by atoms with Crippen LogP contribution in [0, 0.1) is 0 Å². The fourth-order valence-corrected chi connectivity index (χ4v) is 3.37. The average Bonchev–Trinajstić information content (AvgIpc) is 3.08. The first-order valence-electron chi connectivity index (χ1n) is 6.33. The normalized spacial score (nSPS) is 19.0. The van der Waals surface area contributed by atoms with Gasteiger partial charge in [-0.1, -0.05) is 0 Å². The first-order chi connectivity index (χ1) is 9.78. The molecule has 1 unspecified atom stereocenters. The largest absolute Gasteiger partial charge is 0.477 e. The van der Waals surface area contributed by atoms with E-state index in [1.54, 1.807) is 7.11 Å². The van der Waals surface area contributed by atoms with Crippen LogP contribution in [0.15, 0.2) is 0 Å². The number of hydrogen-bond acceptors (Lipinski definition) is 9. The summed E-state index contributed by atoms with van der Waals surface area (Å²) in [6.07, 6.45) is 2.28. The molecule has 1 aliphatic rings. The Labute approximate surface area is 137 Å². The van der Waals surface area contributed by atoms with Gasteiger partial charge in [-0.25, -0.2) is 0 Å². The summed E-state index contributed by atoms with van der Waals surface area (Å²) in [5.74, 6) is 1.63. The second-order valence-electron chi connectivity index (χ2n) is 4.74. The zero-order chi connectivity index (χ0) is 13.9. The van der Waals surface area contributed by atoms with E-state index in [4.69, 9.17) is 9.47 Å². The fourth-order valence-electron chi connectivity index (χ4n) is 2.35. The number of methoxy groups -OCH3 is 1. The molecule has 116 valence electrons. The van der Waals surface area contributed by atoms with Crippen molar-refractivity contribution < 1.29 is 9.47 Å². The highest BCUT2D eigenvalue weighted by Crippen LogP contribution is 2.35. The molecular weight excluding hydrogens is 334 g/mol. The highest BCUT2D eigenvalue weighted by Gasteiger charge is 2.26. The van der Waals surface area contributed by atoms with Crippen LogP contribution in [-0.2, 0) is 0 Å². The molecule has 21 heavy (non-hydrogen) atoms. The number of likely N-dealkylation sites (tertiary alicyclic amines) is 1. The number of piperidine rings is 1. The summed E-state index contributed by atoms with van der Waals surface area (Å²) in [5, 5.41) is 0. The van der Waals surface area contributed by atoms with E-state index < -0.39 is 0 Å². The van der Waals surface area contributed by atoms with Gasteiger partial charge in [0.1, 0.15) is 5.69 Å². The van der Waals surface area contributed by atoms with Gasteiger partial charge in [0.15, 0.2) is 0 Å². The van der Waals surface area contributed by atoms with Crippen LogP contribution in [-0.4, -0.2) is 49.6 Å². The molecule has 1 fully saturated rings. The van der Waals surface area contributed by atoms with Crippen molar-refractivity contribution in [2.75, 3.05) is 27.2 Å². The lowest BCUT2D eigenvalue weighted by molar-refractivity contribution is 0.246. The average molecular weight is 350 g/mol. The zero-order valence-electron chi connectivity index (χ0n) is 11.7. The highest BCUT2D eigenvalue weighted by molar-refractivity contribution is 6.99. The Morgan fingerprint density at radius 1 is 1.10 bits per heavy atom. The molecule has 0 bridgehead atoms. The van der Waals surface area contributed by atoms with Crippen molar-refractivity contribution in [3.05, 3.63) is 5.69 Å². The molecule has 7 nitrogen and oxygen atoms in total.